The number of nitrogens with one attached hydrogen (secondary N) is 1. The molecule has 0 bridgehead atoms. The van der Waals surface area contributed by atoms with Crippen LogP contribution in [0.3, 0.4) is 0 Å². The van der Waals surface area contributed by atoms with E-state index in [-0.39, 0.29) is 22.7 Å². The number of nitrogens with two attached hydrogens (primary N) is 2. The Balaban J connectivity index is 2.45. The molecule has 0 aliphatic rings. The summed E-state index contributed by atoms with van der Waals surface area (Å²) in [5, 5.41) is 2.72. The minimum Gasteiger partial charge on any atom is -0.398 e. The highest BCUT2D eigenvalue weighted by Crippen LogP contribution is 2.27. The van der Waals surface area contributed by atoms with Gasteiger partial charge in [-0.15, -0.1) is 0 Å². The summed E-state index contributed by atoms with van der Waals surface area (Å²) in [5.74, 6) is 0. The van der Waals surface area contributed by atoms with Gasteiger partial charge in [-0.2, -0.15) is 16.8 Å². The fourth-order valence-corrected chi connectivity index (χ4v) is 3.12. The van der Waals surface area contributed by atoms with Gasteiger partial charge in [0.2, 0.25) is 0 Å². The fourth-order valence-electron chi connectivity index (χ4n) is 1.84. The number of anilines is 4. The van der Waals surface area contributed by atoms with Crippen molar-refractivity contribution >= 4 is 43.0 Å². The molecule has 0 heterocycles. The molecule has 0 fully saturated rings. The molecule has 0 amide bonds. The molecule has 9 nitrogen and oxygen atoms in total. The standard InChI is InChI=1S/C12H13N3O6S2/c13-9-3-1-7(5-11(9)22(16,17)18)15-8-2-4-10(14)12(6-8)23(19,20)21/h1-6,15H,13-14H2,(H,16,17,18)(H,19,20,21). The summed E-state index contributed by atoms with van der Waals surface area (Å²) in [6.07, 6.45) is 0. The van der Waals surface area contributed by atoms with Crippen molar-refractivity contribution in [2.75, 3.05) is 16.8 Å². The van der Waals surface area contributed by atoms with Gasteiger partial charge in [-0.25, -0.2) is 0 Å². The number of hydrogen-bond acceptors (Lipinski definition) is 7. The van der Waals surface area contributed by atoms with E-state index in [0.29, 0.717) is 0 Å². The molecule has 0 spiro atoms. The molecule has 0 atom stereocenters. The van der Waals surface area contributed by atoms with E-state index in [0.717, 1.165) is 12.1 Å². The van der Waals surface area contributed by atoms with Gasteiger partial charge in [0.05, 0.1) is 11.4 Å². The molecule has 0 aromatic heterocycles. The van der Waals surface area contributed by atoms with Crippen LogP contribution in [-0.2, 0) is 20.2 Å². The van der Waals surface area contributed by atoms with E-state index in [1.807, 2.05) is 0 Å². The van der Waals surface area contributed by atoms with Gasteiger partial charge in [-0.3, -0.25) is 9.11 Å². The van der Waals surface area contributed by atoms with Crippen molar-refractivity contribution in [3.63, 3.8) is 0 Å². The van der Waals surface area contributed by atoms with E-state index in [4.69, 9.17) is 20.6 Å². The molecule has 11 heteroatoms. The van der Waals surface area contributed by atoms with Crippen molar-refractivity contribution in [3.8, 4) is 0 Å². The van der Waals surface area contributed by atoms with Crippen LogP contribution in [0.4, 0.5) is 22.7 Å². The Hall–Kier alpha value is -2.34. The summed E-state index contributed by atoms with van der Waals surface area (Å²) >= 11 is 0. The summed E-state index contributed by atoms with van der Waals surface area (Å²) in [7, 11) is -9.01. The fraction of sp³-hybridized carbons (Fsp3) is 0. The number of nitrogen functional groups attached to an aromatic ring is 2. The third-order valence-electron chi connectivity index (χ3n) is 2.87. The molecule has 7 N–H and O–H groups in total. The SMILES string of the molecule is Nc1ccc(Nc2ccc(N)c(S(=O)(=O)O)c2)cc1S(=O)(=O)O. The predicted octanol–water partition coefficient (Wildman–Crippen LogP) is 1.09. The molecule has 0 saturated carbocycles. The Morgan fingerprint density at radius 2 is 1.09 bits per heavy atom. The maximum absolute atomic E-state index is 11.2. The highest BCUT2D eigenvalue weighted by molar-refractivity contribution is 7.86. The Bertz CT molecular complexity index is 891. The van der Waals surface area contributed by atoms with Gasteiger partial charge in [-0.05, 0) is 36.4 Å². The second-order valence-corrected chi connectivity index (χ2v) is 7.36. The van der Waals surface area contributed by atoms with Gasteiger partial charge >= 0.3 is 0 Å². The molecule has 2 aromatic rings. The van der Waals surface area contributed by atoms with Crippen LogP contribution in [0, 0.1) is 0 Å². The summed E-state index contributed by atoms with van der Waals surface area (Å²) < 4.78 is 63.0. The Kier molecular flexibility index (Phi) is 4.22. The first kappa shape index (κ1) is 17.0. The molecule has 0 aliphatic carbocycles. The van der Waals surface area contributed by atoms with E-state index >= 15 is 0 Å². The average molecular weight is 359 g/mol. The lowest BCUT2D eigenvalue weighted by Crippen LogP contribution is -2.05. The molecule has 2 aromatic carbocycles. The lowest BCUT2D eigenvalue weighted by atomic mass is 10.2. The lowest BCUT2D eigenvalue weighted by Gasteiger charge is -2.11. The lowest BCUT2D eigenvalue weighted by molar-refractivity contribution is 0.481. The smallest absolute Gasteiger partial charge is 0.296 e. The van der Waals surface area contributed by atoms with Gasteiger partial charge in [0.1, 0.15) is 9.79 Å². The summed E-state index contributed by atoms with van der Waals surface area (Å²) in [6, 6.07) is 7.52. The quantitative estimate of drug-likeness (QED) is 0.395. The summed E-state index contributed by atoms with van der Waals surface area (Å²) in [5.41, 5.74) is 11.1. The zero-order valence-corrected chi connectivity index (χ0v) is 13.1. The van der Waals surface area contributed by atoms with Gasteiger partial charge in [0.15, 0.2) is 0 Å². The molecule has 23 heavy (non-hydrogen) atoms. The van der Waals surface area contributed by atoms with Crippen LogP contribution in [0.15, 0.2) is 46.2 Å². The largest absolute Gasteiger partial charge is 0.398 e. The van der Waals surface area contributed by atoms with Crippen molar-refractivity contribution in [3.05, 3.63) is 36.4 Å². The third-order valence-corrected chi connectivity index (χ3v) is 4.69. The van der Waals surface area contributed by atoms with Gasteiger partial charge in [-0.1, -0.05) is 0 Å². The maximum Gasteiger partial charge on any atom is 0.296 e. The molecule has 124 valence electrons. The van der Waals surface area contributed by atoms with Gasteiger partial charge in [0, 0.05) is 11.4 Å². The van der Waals surface area contributed by atoms with Crippen molar-refractivity contribution in [1.82, 2.24) is 0 Å². The van der Waals surface area contributed by atoms with E-state index in [9.17, 15) is 16.8 Å². The second-order valence-electron chi connectivity index (χ2n) is 4.58. The van der Waals surface area contributed by atoms with Crippen molar-refractivity contribution in [1.29, 1.82) is 0 Å². The maximum atomic E-state index is 11.2. The van der Waals surface area contributed by atoms with Crippen LogP contribution in [0.5, 0.6) is 0 Å². The molecular formula is C12H13N3O6S2. The molecule has 0 radical (unpaired) electrons. The normalized spacial score (nSPS) is 12.1. The monoisotopic (exact) mass is 359 g/mol. The Morgan fingerprint density at radius 3 is 1.39 bits per heavy atom. The van der Waals surface area contributed by atoms with Crippen molar-refractivity contribution in [2.24, 2.45) is 0 Å². The first-order valence-corrected chi connectivity index (χ1v) is 8.87. The zero-order valence-electron chi connectivity index (χ0n) is 11.5. The third kappa shape index (κ3) is 3.90. The predicted molar refractivity (Wildman–Crippen MR) is 84.6 cm³/mol. The van der Waals surface area contributed by atoms with Crippen LogP contribution in [-0.4, -0.2) is 25.9 Å². The second kappa shape index (κ2) is 5.70. The molecule has 0 unspecified atom stereocenters. The molecular weight excluding hydrogens is 346 g/mol. The van der Waals surface area contributed by atoms with E-state index in [1.165, 1.54) is 24.3 Å². The van der Waals surface area contributed by atoms with E-state index < -0.39 is 30.0 Å². The minimum absolute atomic E-state index is 0.144. The van der Waals surface area contributed by atoms with Gasteiger partial charge in [0.25, 0.3) is 20.2 Å². The van der Waals surface area contributed by atoms with Crippen LogP contribution in [0.2, 0.25) is 0 Å². The first-order chi connectivity index (χ1) is 10.5. The Morgan fingerprint density at radius 1 is 0.739 bits per heavy atom. The van der Waals surface area contributed by atoms with Crippen LogP contribution in [0.25, 0.3) is 0 Å². The average Bonchev–Trinajstić information content (AvgIpc) is 2.40. The molecule has 2 rings (SSSR count). The van der Waals surface area contributed by atoms with Crippen LogP contribution >= 0.6 is 0 Å². The first-order valence-electron chi connectivity index (χ1n) is 5.99. The number of rotatable bonds is 4. The van der Waals surface area contributed by atoms with Gasteiger partial charge < -0.3 is 16.8 Å². The van der Waals surface area contributed by atoms with Crippen LogP contribution in [0.1, 0.15) is 0 Å². The van der Waals surface area contributed by atoms with Crippen molar-refractivity contribution in [2.45, 2.75) is 9.79 Å². The van der Waals surface area contributed by atoms with E-state index in [1.54, 1.807) is 0 Å². The summed E-state index contributed by atoms with van der Waals surface area (Å²) in [6.45, 7) is 0. The number of benzene rings is 2. The van der Waals surface area contributed by atoms with E-state index in [2.05, 4.69) is 5.32 Å². The zero-order chi connectivity index (χ0) is 17.4. The molecule has 0 saturated heterocycles. The summed E-state index contributed by atoms with van der Waals surface area (Å²) in [4.78, 5) is -0.985. The molecule has 0 aliphatic heterocycles. The number of hydrogen-bond donors (Lipinski definition) is 5. The Labute approximate surface area is 132 Å². The highest BCUT2D eigenvalue weighted by Gasteiger charge is 2.16. The topological polar surface area (TPSA) is 173 Å². The highest BCUT2D eigenvalue weighted by atomic mass is 32.2. The minimum atomic E-state index is -4.51. The van der Waals surface area contributed by atoms with Crippen molar-refractivity contribution < 1.29 is 25.9 Å². The van der Waals surface area contributed by atoms with Crippen LogP contribution < -0.4 is 16.8 Å².